The van der Waals surface area contributed by atoms with Gasteiger partial charge in [-0.1, -0.05) is 6.42 Å². The number of esters is 1. The molecule has 0 aromatic carbocycles. The molecule has 0 spiro atoms. The maximum atomic E-state index is 12.1. The molecule has 0 radical (unpaired) electrons. The van der Waals surface area contributed by atoms with E-state index in [0.717, 1.165) is 6.42 Å². The first-order valence-electron chi connectivity index (χ1n) is 6.02. The summed E-state index contributed by atoms with van der Waals surface area (Å²) in [6, 6.07) is 0. The molecule has 0 aliphatic heterocycles. The molecule has 102 valence electrons. The second-order valence-electron chi connectivity index (χ2n) is 4.57. The minimum atomic E-state index is -0.910. The molecule has 0 heterocycles. The Balaban J connectivity index is 2.52. The van der Waals surface area contributed by atoms with Crippen LogP contribution in [0.25, 0.3) is 0 Å². The molecule has 1 aliphatic rings. The van der Waals surface area contributed by atoms with Crippen LogP contribution in [0.4, 0.5) is 0 Å². The van der Waals surface area contributed by atoms with Gasteiger partial charge in [0.1, 0.15) is 0 Å². The monoisotopic (exact) mass is 257 g/mol. The van der Waals surface area contributed by atoms with Gasteiger partial charge in [0.15, 0.2) is 0 Å². The third-order valence-electron chi connectivity index (χ3n) is 3.41. The Morgan fingerprint density at radius 2 is 1.89 bits per heavy atom. The number of carbonyl (C=O) groups is 3. The number of carboxylic acids is 1. The van der Waals surface area contributed by atoms with Gasteiger partial charge < -0.3 is 14.7 Å². The largest absolute Gasteiger partial charge is 0.481 e. The van der Waals surface area contributed by atoms with E-state index in [1.54, 1.807) is 7.05 Å². The van der Waals surface area contributed by atoms with Crippen molar-refractivity contribution in [3.63, 3.8) is 0 Å². The highest BCUT2D eigenvalue weighted by molar-refractivity contribution is 5.85. The van der Waals surface area contributed by atoms with E-state index in [9.17, 15) is 14.4 Å². The second-order valence-corrected chi connectivity index (χ2v) is 4.57. The van der Waals surface area contributed by atoms with Crippen LogP contribution in [0.2, 0.25) is 0 Å². The number of aliphatic carboxylic acids is 1. The lowest BCUT2D eigenvalue weighted by atomic mass is 9.95. The highest BCUT2D eigenvalue weighted by atomic mass is 16.5. The Kier molecular flexibility index (Phi) is 5.12. The molecule has 0 saturated heterocycles. The van der Waals surface area contributed by atoms with Gasteiger partial charge in [0, 0.05) is 13.6 Å². The van der Waals surface area contributed by atoms with Gasteiger partial charge >= 0.3 is 11.9 Å². The Bertz CT molecular complexity index is 341. The van der Waals surface area contributed by atoms with E-state index >= 15 is 0 Å². The topological polar surface area (TPSA) is 83.9 Å². The highest BCUT2D eigenvalue weighted by Gasteiger charge is 2.38. The number of carboxylic acid groups (broad SMARTS) is 1. The van der Waals surface area contributed by atoms with Crippen LogP contribution in [-0.2, 0) is 19.1 Å². The van der Waals surface area contributed by atoms with E-state index in [1.165, 1.54) is 12.0 Å². The Morgan fingerprint density at radius 3 is 2.44 bits per heavy atom. The van der Waals surface area contributed by atoms with Gasteiger partial charge in [-0.25, -0.2) is 0 Å². The average Bonchev–Trinajstić information content (AvgIpc) is 2.83. The fourth-order valence-electron chi connectivity index (χ4n) is 2.31. The maximum Gasteiger partial charge on any atom is 0.307 e. The van der Waals surface area contributed by atoms with Gasteiger partial charge in [-0.05, 0) is 12.8 Å². The van der Waals surface area contributed by atoms with Crippen LogP contribution in [0.5, 0.6) is 0 Å². The van der Waals surface area contributed by atoms with Crippen molar-refractivity contribution in [1.82, 2.24) is 4.90 Å². The highest BCUT2D eigenvalue weighted by Crippen LogP contribution is 2.33. The van der Waals surface area contributed by atoms with Gasteiger partial charge in [0.25, 0.3) is 0 Å². The van der Waals surface area contributed by atoms with Crippen LogP contribution in [-0.4, -0.2) is 48.6 Å². The number of ether oxygens (including phenoxy) is 1. The molecule has 0 aromatic rings. The molecule has 1 N–H and O–H groups in total. The fraction of sp³-hybridized carbons (Fsp3) is 0.750. The summed E-state index contributed by atoms with van der Waals surface area (Å²) in [5.41, 5.74) is 0. The number of rotatable bonds is 5. The van der Waals surface area contributed by atoms with Crippen molar-refractivity contribution < 1.29 is 24.2 Å². The van der Waals surface area contributed by atoms with E-state index in [4.69, 9.17) is 5.11 Å². The average molecular weight is 257 g/mol. The number of nitrogens with zero attached hydrogens (tertiary/aromatic N) is 1. The Morgan fingerprint density at radius 1 is 1.28 bits per heavy atom. The summed E-state index contributed by atoms with van der Waals surface area (Å²) in [5.74, 6) is -2.52. The minimum Gasteiger partial charge on any atom is -0.481 e. The zero-order valence-electron chi connectivity index (χ0n) is 10.7. The first-order valence-corrected chi connectivity index (χ1v) is 6.02. The number of hydrogen-bond donors (Lipinski definition) is 1. The predicted octanol–water partition coefficient (Wildman–Crippen LogP) is 0.509. The third kappa shape index (κ3) is 3.45. The summed E-state index contributed by atoms with van der Waals surface area (Å²) in [5, 5.41) is 9.03. The van der Waals surface area contributed by atoms with Crippen molar-refractivity contribution >= 4 is 17.8 Å². The van der Waals surface area contributed by atoms with Gasteiger partial charge in [0.2, 0.25) is 5.91 Å². The number of carbonyl (C=O) groups excluding carboxylic acids is 2. The van der Waals surface area contributed by atoms with E-state index in [2.05, 4.69) is 4.74 Å². The lowest BCUT2D eigenvalue weighted by Crippen LogP contribution is -2.37. The Labute approximate surface area is 106 Å². The molecule has 2 atom stereocenters. The quantitative estimate of drug-likeness (QED) is 0.725. The zero-order valence-corrected chi connectivity index (χ0v) is 10.7. The lowest BCUT2D eigenvalue weighted by Gasteiger charge is -2.23. The van der Waals surface area contributed by atoms with Crippen LogP contribution in [0.3, 0.4) is 0 Å². The standard InChI is InChI=1S/C12H19NO5/c1-13(7-6-10(14)18-2)11(15)8-4-3-5-9(8)12(16)17/h8-9H,3-7H2,1-2H3,(H,16,17)/t8-,9+/m1/s1. The first-order chi connectivity index (χ1) is 8.47. The number of methoxy groups -OCH3 is 1. The summed E-state index contributed by atoms with van der Waals surface area (Å²) in [6.45, 7) is 0.258. The summed E-state index contributed by atoms with van der Waals surface area (Å²) in [4.78, 5) is 35.5. The van der Waals surface area contributed by atoms with Gasteiger partial charge in [0.05, 0.1) is 25.4 Å². The van der Waals surface area contributed by atoms with Crippen molar-refractivity contribution in [1.29, 1.82) is 0 Å². The molecule has 1 rings (SSSR count). The molecule has 0 bridgehead atoms. The molecule has 1 saturated carbocycles. The SMILES string of the molecule is COC(=O)CCN(C)C(=O)[C@@H]1CCC[C@@H]1C(=O)O. The van der Waals surface area contributed by atoms with E-state index in [1.807, 2.05) is 0 Å². The maximum absolute atomic E-state index is 12.1. The smallest absolute Gasteiger partial charge is 0.307 e. The van der Waals surface area contributed by atoms with Crippen LogP contribution in [0.15, 0.2) is 0 Å². The van der Waals surface area contributed by atoms with Crippen LogP contribution in [0.1, 0.15) is 25.7 Å². The summed E-state index contributed by atoms with van der Waals surface area (Å²) >= 11 is 0. The molecule has 1 fully saturated rings. The van der Waals surface area contributed by atoms with Gasteiger partial charge in [-0.2, -0.15) is 0 Å². The summed E-state index contributed by atoms with van der Waals surface area (Å²) in [7, 11) is 2.88. The third-order valence-corrected chi connectivity index (χ3v) is 3.41. The van der Waals surface area contributed by atoms with Crippen LogP contribution < -0.4 is 0 Å². The van der Waals surface area contributed by atoms with Crippen molar-refractivity contribution in [2.24, 2.45) is 11.8 Å². The van der Waals surface area contributed by atoms with Crippen molar-refractivity contribution in [2.75, 3.05) is 20.7 Å². The fourth-order valence-corrected chi connectivity index (χ4v) is 2.31. The first kappa shape index (κ1) is 14.5. The molecule has 6 heteroatoms. The Hall–Kier alpha value is -1.59. The molecule has 1 amide bonds. The van der Waals surface area contributed by atoms with E-state index in [0.29, 0.717) is 12.8 Å². The molecular formula is C12H19NO5. The normalized spacial score (nSPS) is 22.6. The molecule has 6 nitrogen and oxygen atoms in total. The summed E-state index contributed by atoms with van der Waals surface area (Å²) < 4.78 is 4.49. The van der Waals surface area contributed by atoms with Crippen LogP contribution in [0, 0.1) is 11.8 Å². The molecule has 1 aliphatic carbocycles. The van der Waals surface area contributed by atoms with E-state index in [-0.39, 0.29) is 24.8 Å². The minimum absolute atomic E-state index is 0.128. The second kappa shape index (κ2) is 6.37. The van der Waals surface area contributed by atoms with Gasteiger partial charge in [-0.15, -0.1) is 0 Å². The molecule has 0 aromatic heterocycles. The predicted molar refractivity (Wildman–Crippen MR) is 62.7 cm³/mol. The molecular weight excluding hydrogens is 238 g/mol. The number of amides is 1. The van der Waals surface area contributed by atoms with E-state index < -0.39 is 17.8 Å². The van der Waals surface area contributed by atoms with Crippen molar-refractivity contribution in [3.05, 3.63) is 0 Å². The van der Waals surface area contributed by atoms with Crippen molar-refractivity contribution in [2.45, 2.75) is 25.7 Å². The summed E-state index contributed by atoms with van der Waals surface area (Å²) in [6.07, 6.45) is 2.05. The van der Waals surface area contributed by atoms with Gasteiger partial charge in [-0.3, -0.25) is 14.4 Å². The molecule has 18 heavy (non-hydrogen) atoms. The van der Waals surface area contributed by atoms with Crippen molar-refractivity contribution in [3.8, 4) is 0 Å². The zero-order chi connectivity index (χ0) is 13.7. The number of hydrogen-bond acceptors (Lipinski definition) is 4. The lowest BCUT2D eigenvalue weighted by molar-refractivity contribution is -0.149. The van der Waals surface area contributed by atoms with Crippen LogP contribution >= 0.6 is 0 Å². The molecule has 0 unspecified atom stereocenters.